The summed E-state index contributed by atoms with van der Waals surface area (Å²) in [4.78, 5) is 30.7. The first kappa shape index (κ1) is 17.5. The van der Waals surface area contributed by atoms with Crippen LogP contribution in [0.3, 0.4) is 0 Å². The van der Waals surface area contributed by atoms with Gasteiger partial charge in [0.05, 0.1) is 11.6 Å². The Kier molecular flexibility index (Phi) is 4.31. The third-order valence-corrected chi connectivity index (χ3v) is 4.71. The zero-order valence-corrected chi connectivity index (χ0v) is 15.1. The number of nitrogens with one attached hydrogen (secondary N) is 1. The Bertz CT molecular complexity index is 1070. The molecule has 2 heterocycles. The predicted molar refractivity (Wildman–Crippen MR) is 99.2 cm³/mol. The Morgan fingerprint density at radius 3 is 2.93 bits per heavy atom. The number of amides is 2. The van der Waals surface area contributed by atoms with E-state index in [0.717, 1.165) is 6.07 Å². The second kappa shape index (κ2) is 6.66. The topological polar surface area (TPSA) is 75.4 Å². The molecular formula is C19H15ClFN3O3. The van der Waals surface area contributed by atoms with E-state index >= 15 is 0 Å². The van der Waals surface area contributed by atoms with Gasteiger partial charge in [0.1, 0.15) is 11.3 Å². The summed E-state index contributed by atoms with van der Waals surface area (Å²) in [6, 6.07) is 9.26. The monoisotopic (exact) mass is 387 g/mol. The van der Waals surface area contributed by atoms with Gasteiger partial charge in [0.2, 0.25) is 11.8 Å². The minimum absolute atomic E-state index is 0.0368. The van der Waals surface area contributed by atoms with Crippen LogP contribution in [0.2, 0.25) is 5.02 Å². The summed E-state index contributed by atoms with van der Waals surface area (Å²) in [5.74, 6) is -1.25. The van der Waals surface area contributed by atoms with Gasteiger partial charge in [0.15, 0.2) is 11.5 Å². The highest BCUT2D eigenvalue weighted by Gasteiger charge is 2.35. The average molecular weight is 388 g/mol. The second-order valence-electron chi connectivity index (χ2n) is 6.40. The molecule has 2 aromatic carbocycles. The van der Waals surface area contributed by atoms with E-state index in [-0.39, 0.29) is 29.6 Å². The minimum Gasteiger partial charge on any atom is -0.441 e. The Morgan fingerprint density at radius 2 is 2.15 bits per heavy atom. The molecule has 0 aliphatic carbocycles. The number of nitrogens with zero attached hydrogens (tertiary/aromatic N) is 2. The highest BCUT2D eigenvalue weighted by molar-refractivity contribution is 6.30. The molecule has 3 aromatic rings. The van der Waals surface area contributed by atoms with Crippen molar-refractivity contribution in [2.75, 3.05) is 16.8 Å². The van der Waals surface area contributed by atoms with Crippen LogP contribution in [0.1, 0.15) is 12.3 Å². The number of fused-ring (bicyclic) bond motifs is 1. The van der Waals surface area contributed by atoms with Crippen molar-refractivity contribution in [2.45, 2.75) is 13.3 Å². The summed E-state index contributed by atoms with van der Waals surface area (Å²) in [5.41, 5.74) is 1.97. The molecule has 1 aliphatic rings. The van der Waals surface area contributed by atoms with Crippen molar-refractivity contribution in [3.05, 3.63) is 53.1 Å². The molecule has 0 spiro atoms. The molecule has 1 N–H and O–H groups in total. The molecule has 1 aromatic heterocycles. The van der Waals surface area contributed by atoms with Crippen molar-refractivity contribution in [3.8, 4) is 0 Å². The number of anilines is 2. The minimum atomic E-state index is -0.621. The fraction of sp³-hybridized carbons (Fsp3) is 0.211. The number of hydrogen-bond acceptors (Lipinski definition) is 4. The van der Waals surface area contributed by atoms with Crippen molar-refractivity contribution in [2.24, 2.45) is 5.92 Å². The van der Waals surface area contributed by atoms with Crippen LogP contribution in [0, 0.1) is 18.7 Å². The van der Waals surface area contributed by atoms with E-state index in [9.17, 15) is 14.0 Å². The highest BCUT2D eigenvalue weighted by atomic mass is 35.5. The maximum atomic E-state index is 13.9. The lowest BCUT2D eigenvalue weighted by atomic mass is 10.1. The van der Waals surface area contributed by atoms with Gasteiger partial charge in [-0.15, -0.1) is 0 Å². The fourth-order valence-corrected chi connectivity index (χ4v) is 3.32. The van der Waals surface area contributed by atoms with Gasteiger partial charge in [-0.2, -0.15) is 0 Å². The van der Waals surface area contributed by atoms with E-state index in [1.807, 2.05) is 0 Å². The molecule has 1 saturated heterocycles. The van der Waals surface area contributed by atoms with Crippen LogP contribution in [0.15, 0.2) is 40.8 Å². The van der Waals surface area contributed by atoms with E-state index in [2.05, 4.69) is 10.3 Å². The number of benzene rings is 2. The van der Waals surface area contributed by atoms with E-state index in [0.29, 0.717) is 22.7 Å². The first-order valence-corrected chi connectivity index (χ1v) is 8.72. The molecule has 138 valence electrons. The van der Waals surface area contributed by atoms with Crippen LogP contribution < -0.4 is 10.2 Å². The van der Waals surface area contributed by atoms with Crippen molar-refractivity contribution in [1.29, 1.82) is 0 Å². The zero-order valence-electron chi connectivity index (χ0n) is 14.3. The Balaban J connectivity index is 1.51. The Labute approximate surface area is 158 Å². The number of carbonyl (C=O) groups is 2. The molecule has 1 atom stereocenters. The largest absolute Gasteiger partial charge is 0.441 e. The number of aryl methyl sites for hydroxylation is 1. The molecule has 6 nitrogen and oxygen atoms in total. The molecule has 27 heavy (non-hydrogen) atoms. The van der Waals surface area contributed by atoms with Gasteiger partial charge in [-0.1, -0.05) is 11.6 Å². The Morgan fingerprint density at radius 1 is 1.33 bits per heavy atom. The van der Waals surface area contributed by atoms with Crippen molar-refractivity contribution in [3.63, 3.8) is 0 Å². The van der Waals surface area contributed by atoms with E-state index in [1.54, 1.807) is 25.1 Å². The van der Waals surface area contributed by atoms with Crippen LogP contribution in [0.4, 0.5) is 15.8 Å². The summed E-state index contributed by atoms with van der Waals surface area (Å²) in [6.07, 6.45) is 0.0525. The van der Waals surface area contributed by atoms with Gasteiger partial charge < -0.3 is 14.6 Å². The highest BCUT2D eigenvalue weighted by Crippen LogP contribution is 2.29. The molecule has 0 bridgehead atoms. The van der Waals surface area contributed by atoms with E-state index in [1.165, 1.54) is 17.0 Å². The van der Waals surface area contributed by atoms with Gasteiger partial charge in [-0.05, 0) is 36.4 Å². The standard InChI is InChI=1S/C19H15ClFN3O3/c1-10-22-16-8-13(3-5-17(16)27-10)24-9-11(6-18(24)25)19(26)23-15-4-2-12(20)7-14(15)21/h2-5,7-8,11H,6,9H2,1H3,(H,23,26)/t11-/m1/s1. The number of rotatable bonds is 3. The number of hydrogen-bond donors (Lipinski definition) is 1. The van der Waals surface area contributed by atoms with Gasteiger partial charge in [0, 0.05) is 30.6 Å². The third-order valence-electron chi connectivity index (χ3n) is 4.47. The molecule has 0 radical (unpaired) electrons. The molecule has 4 rings (SSSR count). The number of oxazole rings is 1. The maximum Gasteiger partial charge on any atom is 0.229 e. The molecule has 1 aliphatic heterocycles. The summed E-state index contributed by atoms with van der Waals surface area (Å²) in [7, 11) is 0. The van der Waals surface area contributed by atoms with Crippen LogP contribution in [0.5, 0.6) is 0 Å². The zero-order chi connectivity index (χ0) is 19.1. The van der Waals surface area contributed by atoms with Crippen molar-refractivity contribution in [1.82, 2.24) is 4.98 Å². The molecular weight excluding hydrogens is 373 g/mol. The first-order chi connectivity index (χ1) is 12.9. The Hall–Kier alpha value is -2.93. The second-order valence-corrected chi connectivity index (χ2v) is 6.84. The molecule has 0 saturated carbocycles. The quantitative estimate of drug-likeness (QED) is 0.739. The lowest BCUT2D eigenvalue weighted by Gasteiger charge is -2.16. The average Bonchev–Trinajstić information content (AvgIpc) is 3.18. The van der Waals surface area contributed by atoms with E-state index < -0.39 is 17.6 Å². The summed E-state index contributed by atoms with van der Waals surface area (Å²) in [6.45, 7) is 1.96. The number of carbonyl (C=O) groups excluding carboxylic acids is 2. The fourth-order valence-electron chi connectivity index (χ4n) is 3.16. The third kappa shape index (κ3) is 3.38. The van der Waals surface area contributed by atoms with Gasteiger partial charge >= 0.3 is 0 Å². The van der Waals surface area contributed by atoms with Gasteiger partial charge in [-0.25, -0.2) is 9.37 Å². The van der Waals surface area contributed by atoms with Crippen LogP contribution >= 0.6 is 11.6 Å². The molecule has 8 heteroatoms. The predicted octanol–water partition coefficient (Wildman–Crippen LogP) is 3.92. The summed E-state index contributed by atoms with van der Waals surface area (Å²) in [5, 5.41) is 2.77. The molecule has 2 amide bonds. The number of aromatic nitrogens is 1. The lowest BCUT2D eigenvalue weighted by Crippen LogP contribution is -2.28. The van der Waals surface area contributed by atoms with Crippen LogP contribution in [-0.2, 0) is 9.59 Å². The lowest BCUT2D eigenvalue weighted by molar-refractivity contribution is -0.122. The van der Waals surface area contributed by atoms with E-state index in [4.69, 9.17) is 16.0 Å². The SMILES string of the molecule is Cc1nc2cc(N3C[C@H](C(=O)Nc4ccc(Cl)cc4F)CC3=O)ccc2o1. The first-order valence-electron chi connectivity index (χ1n) is 8.34. The summed E-state index contributed by atoms with van der Waals surface area (Å²) >= 11 is 5.71. The van der Waals surface area contributed by atoms with Crippen molar-refractivity contribution < 1.29 is 18.4 Å². The van der Waals surface area contributed by atoms with Gasteiger partial charge in [0.25, 0.3) is 0 Å². The van der Waals surface area contributed by atoms with Gasteiger partial charge in [-0.3, -0.25) is 9.59 Å². The molecule has 0 unspecified atom stereocenters. The number of halogens is 2. The maximum absolute atomic E-state index is 13.9. The summed E-state index contributed by atoms with van der Waals surface area (Å²) < 4.78 is 19.3. The molecule has 1 fully saturated rings. The smallest absolute Gasteiger partial charge is 0.229 e. The van der Waals surface area contributed by atoms with Crippen LogP contribution in [-0.4, -0.2) is 23.3 Å². The van der Waals surface area contributed by atoms with Crippen LogP contribution in [0.25, 0.3) is 11.1 Å². The van der Waals surface area contributed by atoms with Crippen molar-refractivity contribution >= 4 is 45.9 Å². The normalized spacial score (nSPS) is 16.9.